The molecule has 0 heterocycles. The molecular formula is C12H17NO4. The van der Waals surface area contributed by atoms with Gasteiger partial charge < -0.3 is 19.1 Å². The Hall–Kier alpha value is -1.91. The van der Waals surface area contributed by atoms with Crippen LogP contribution >= 0.6 is 0 Å². The maximum atomic E-state index is 11.9. The molecule has 0 saturated heterocycles. The first-order valence-electron chi connectivity index (χ1n) is 5.07. The summed E-state index contributed by atoms with van der Waals surface area (Å²) < 4.78 is 15.6. The van der Waals surface area contributed by atoms with Gasteiger partial charge in [-0.15, -0.1) is 0 Å². The number of carbonyl (C=O) groups excluding carboxylic acids is 1. The Morgan fingerprint density at radius 1 is 1.00 bits per heavy atom. The number of hydrogen-bond acceptors (Lipinski definition) is 4. The van der Waals surface area contributed by atoms with E-state index < -0.39 is 0 Å². The third-order valence-electron chi connectivity index (χ3n) is 2.34. The van der Waals surface area contributed by atoms with E-state index in [0.717, 1.165) is 0 Å². The summed E-state index contributed by atoms with van der Waals surface area (Å²) >= 11 is 0. The van der Waals surface area contributed by atoms with Crippen LogP contribution in [-0.4, -0.2) is 46.2 Å². The van der Waals surface area contributed by atoms with Crippen molar-refractivity contribution < 1.29 is 19.0 Å². The Bertz CT molecular complexity index is 415. The van der Waals surface area contributed by atoms with Crippen LogP contribution in [-0.2, 0) is 0 Å². The molecule has 0 aliphatic carbocycles. The van der Waals surface area contributed by atoms with E-state index in [4.69, 9.17) is 14.2 Å². The highest BCUT2D eigenvalue weighted by atomic mass is 16.5. The molecule has 1 aromatic carbocycles. The Balaban J connectivity index is 3.38. The molecule has 0 unspecified atom stereocenters. The number of nitrogens with zero attached hydrogens (tertiary/aromatic N) is 1. The van der Waals surface area contributed by atoms with Crippen LogP contribution in [0.15, 0.2) is 12.1 Å². The number of methoxy groups -OCH3 is 3. The molecule has 0 atom stereocenters. The third-order valence-corrected chi connectivity index (χ3v) is 2.34. The smallest absolute Gasteiger partial charge is 0.257 e. The number of hydrogen-bond donors (Lipinski definition) is 0. The molecule has 0 saturated carbocycles. The fourth-order valence-electron chi connectivity index (χ4n) is 1.51. The number of carbonyl (C=O) groups is 1. The second kappa shape index (κ2) is 5.43. The Labute approximate surface area is 101 Å². The quantitative estimate of drug-likeness (QED) is 0.797. The Kier molecular flexibility index (Phi) is 4.20. The second-order valence-corrected chi connectivity index (χ2v) is 3.58. The maximum absolute atomic E-state index is 11.9. The standard InChI is InChI=1S/C12H17NO4/c1-13(2)12(14)8-6-7-9(15-3)11(17-5)10(8)16-4/h6-7H,1-5H3. The van der Waals surface area contributed by atoms with E-state index in [-0.39, 0.29) is 5.91 Å². The first-order chi connectivity index (χ1) is 8.06. The van der Waals surface area contributed by atoms with Crippen LogP contribution in [0.3, 0.4) is 0 Å². The number of amides is 1. The summed E-state index contributed by atoms with van der Waals surface area (Å²) in [6.45, 7) is 0. The molecule has 0 aliphatic heterocycles. The zero-order chi connectivity index (χ0) is 13.0. The van der Waals surface area contributed by atoms with Crippen molar-refractivity contribution in [3.63, 3.8) is 0 Å². The average molecular weight is 239 g/mol. The van der Waals surface area contributed by atoms with Gasteiger partial charge in [-0.1, -0.05) is 0 Å². The Morgan fingerprint density at radius 3 is 2.00 bits per heavy atom. The van der Waals surface area contributed by atoms with Crippen LogP contribution < -0.4 is 14.2 Å². The van der Waals surface area contributed by atoms with Crippen LogP contribution in [0.5, 0.6) is 17.2 Å². The SMILES string of the molecule is COc1ccc(C(=O)N(C)C)c(OC)c1OC. The summed E-state index contributed by atoms with van der Waals surface area (Å²) in [5, 5.41) is 0. The van der Waals surface area contributed by atoms with Crippen molar-refractivity contribution in [2.24, 2.45) is 0 Å². The van der Waals surface area contributed by atoms with E-state index in [1.807, 2.05) is 0 Å². The molecule has 1 amide bonds. The topological polar surface area (TPSA) is 48.0 Å². The third kappa shape index (κ3) is 2.43. The normalized spacial score (nSPS) is 9.71. The lowest BCUT2D eigenvalue weighted by atomic mass is 10.1. The van der Waals surface area contributed by atoms with Crippen LogP contribution in [0.25, 0.3) is 0 Å². The average Bonchev–Trinajstić information content (AvgIpc) is 2.35. The largest absolute Gasteiger partial charge is 0.493 e. The monoisotopic (exact) mass is 239 g/mol. The van der Waals surface area contributed by atoms with E-state index in [0.29, 0.717) is 22.8 Å². The van der Waals surface area contributed by atoms with E-state index in [9.17, 15) is 4.79 Å². The van der Waals surface area contributed by atoms with Gasteiger partial charge in [0.15, 0.2) is 11.5 Å². The molecule has 0 fully saturated rings. The van der Waals surface area contributed by atoms with E-state index in [2.05, 4.69) is 0 Å². The van der Waals surface area contributed by atoms with Gasteiger partial charge in [0.2, 0.25) is 5.75 Å². The second-order valence-electron chi connectivity index (χ2n) is 3.58. The molecule has 94 valence electrons. The highest BCUT2D eigenvalue weighted by molar-refractivity contribution is 5.98. The molecule has 0 bridgehead atoms. The molecule has 0 radical (unpaired) electrons. The summed E-state index contributed by atoms with van der Waals surface area (Å²) in [7, 11) is 7.88. The number of benzene rings is 1. The molecule has 1 rings (SSSR count). The Morgan fingerprint density at radius 2 is 1.59 bits per heavy atom. The summed E-state index contributed by atoms with van der Waals surface area (Å²) in [5.41, 5.74) is 0.440. The summed E-state index contributed by atoms with van der Waals surface area (Å²) in [5.74, 6) is 1.18. The molecule has 0 N–H and O–H groups in total. The number of rotatable bonds is 4. The highest BCUT2D eigenvalue weighted by Gasteiger charge is 2.21. The summed E-state index contributed by atoms with van der Waals surface area (Å²) in [6, 6.07) is 3.33. The molecule has 17 heavy (non-hydrogen) atoms. The molecule has 0 aromatic heterocycles. The van der Waals surface area contributed by atoms with E-state index in [1.165, 1.54) is 26.2 Å². The predicted molar refractivity (Wildman–Crippen MR) is 64.1 cm³/mol. The van der Waals surface area contributed by atoms with Gasteiger partial charge in [0, 0.05) is 14.1 Å². The van der Waals surface area contributed by atoms with Crippen molar-refractivity contribution in [2.75, 3.05) is 35.4 Å². The van der Waals surface area contributed by atoms with Gasteiger partial charge in [0.1, 0.15) is 0 Å². The van der Waals surface area contributed by atoms with Crippen LogP contribution in [0.4, 0.5) is 0 Å². The highest BCUT2D eigenvalue weighted by Crippen LogP contribution is 2.39. The maximum Gasteiger partial charge on any atom is 0.257 e. The van der Waals surface area contributed by atoms with Gasteiger partial charge >= 0.3 is 0 Å². The number of ether oxygens (including phenoxy) is 3. The lowest BCUT2D eigenvalue weighted by Gasteiger charge is -2.17. The van der Waals surface area contributed by atoms with Gasteiger partial charge in [-0.05, 0) is 12.1 Å². The summed E-state index contributed by atoms with van der Waals surface area (Å²) in [6.07, 6.45) is 0. The van der Waals surface area contributed by atoms with Gasteiger partial charge in [-0.2, -0.15) is 0 Å². The van der Waals surface area contributed by atoms with Crippen molar-refractivity contribution in [3.05, 3.63) is 17.7 Å². The minimum absolute atomic E-state index is 0.150. The fraction of sp³-hybridized carbons (Fsp3) is 0.417. The van der Waals surface area contributed by atoms with Crippen molar-refractivity contribution in [3.8, 4) is 17.2 Å². The molecule has 5 nitrogen and oxygen atoms in total. The lowest BCUT2D eigenvalue weighted by molar-refractivity contribution is 0.0823. The first-order valence-corrected chi connectivity index (χ1v) is 5.07. The van der Waals surface area contributed by atoms with Crippen molar-refractivity contribution in [1.82, 2.24) is 4.90 Å². The molecule has 1 aromatic rings. The predicted octanol–water partition coefficient (Wildman–Crippen LogP) is 1.41. The fourth-order valence-corrected chi connectivity index (χ4v) is 1.51. The molecular weight excluding hydrogens is 222 g/mol. The van der Waals surface area contributed by atoms with Gasteiger partial charge in [-0.3, -0.25) is 4.79 Å². The summed E-state index contributed by atoms with van der Waals surface area (Å²) in [4.78, 5) is 13.4. The van der Waals surface area contributed by atoms with Gasteiger partial charge in [-0.25, -0.2) is 0 Å². The van der Waals surface area contributed by atoms with Crippen molar-refractivity contribution >= 4 is 5.91 Å². The van der Waals surface area contributed by atoms with E-state index in [1.54, 1.807) is 26.2 Å². The molecule has 0 spiro atoms. The molecule has 0 aliphatic rings. The van der Waals surface area contributed by atoms with E-state index >= 15 is 0 Å². The van der Waals surface area contributed by atoms with Gasteiger partial charge in [0.25, 0.3) is 5.91 Å². The van der Waals surface area contributed by atoms with Crippen molar-refractivity contribution in [2.45, 2.75) is 0 Å². The zero-order valence-electron chi connectivity index (χ0n) is 10.7. The minimum atomic E-state index is -0.150. The first kappa shape index (κ1) is 13.2. The zero-order valence-corrected chi connectivity index (χ0v) is 10.7. The van der Waals surface area contributed by atoms with Crippen LogP contribution in [0.2, 0.25) is 0 Å². The van der Waals surface area contributed by atoms with Crippen LogP contribution in [0.1, 0.15) is 10.4 Å². The van der Waals surface area contributed by atoms with Crippen molar-refractivity contribution in [1.29, 1.82) is 0 Å². The van der Waals surface area contributed by atoms with Crippen LogP contribution in [0, 0.1) is 0 Å². The van der Waals surface area contributed by atoms with Gasteiger partial charge in [0.05, 0.1) is 26.9 Å². The molecule has 5 heteroatoms. The minimum Gasteiger partial charge on any atom is -0.493 e. The lowest BCUT2D eigenvalue weighted by Crippen LogP contribution is -2.22.